The van der Waals surface area contributed by atoms with Crippen molar-refractivity contribution in [3.63, 3.8) is 0 Å². The van der Waals surface area contributed by atoms with Gasteiger partial charge in [0.05, 0.1) is 22.5 Å². The number of aliphatic hydroxyl groups excluding tert-OH is 1. The molecule has 0 bridgehead atoms. The van der Waals surface area contributed by atoms with Crippen molar-refractivity contribution in [1.29, 1.82) is 0 Å². The van der Waals surface area contributed by atoms with Crippen LogP contribution in [-0.4, -0.2) is 33.2 Å². The Morgan fingerprint density at radius 3 is 2.95 bits per heavy atom. The molecule has 0 spiro atoms. The van der Waals surface area contributed by atoms with Gasteiger partial charge in [0.25, 0.3) is 0 Å². The van der Waals surface area contributed by atoms with E-state index >= 15 is 0 Å². The largest absolute Gasteiger partial charge is 0.395 e. The maximum atomic E-state index is 8.86. The van der Waals surface area contributed by atoms with Gasteiger partial charge in [-0.25, -0.2) is 9.97 Å². The molecule has 19 heavy (non-hydrogen) atoms. The minimum Gasteiger partial charge on any atom is -0.395 e. The van der Waals surface area contributed by atoms with Gasteiger partial charge in [0.15, 0.2) is 0 Å². The van der Waals surface area contributed by atoms with E-state index in [1.54, 1.807) is 17.5 Å². The molecule has 3 aromatic rings. The Labute approximate surface area is 114 Å². The molecular weight excluding hydrogens is 260 g/mol. The third-order valence-electron chi connectivity index (χ3n) is 2.61. The van der Waals surface area contributed by atoms with Crippen molar-refractivity contribution in [3.05, 3.63) is 35.8 Å². The maximum Gasteiger partial charge on any atom is 0.224 e. The monoisotopic (exact) mass is 272 g/mol. The maximum absolute atomic E-state index is 8.86. The number of hydrogen-bond donors (Lipinski definition) is 2. The molecule has 0 aliphatic carbocycles. The Morgan fingerprint density at radius 1 is 1.21 bits per heavy atom. The quantitative estimate of drug-likeness (QED) is 0.761. The van der Waals surface area contributed by atoms with E-state index in [0.29, 0.717) is 12.5 Å². The smallest absolute Gasteiger partial charge is 0.224 e. The Kier molecular flexibility index (Phi) is 3.35. The number of fused-ring (bicyclic) bond motifs is 1. The van der Waals surface area contributed by atoms with Gasteiger partial charge in [-0.2, -0.15) is 0 Å². The van der Waals surface area contributed by atoms with Gasteiger partial charge in [-0.05, 0) is 23.6 Å². The first-order chi connectivity index (χ1) is 9.38. The molecule has 0 aliphatic rings. The lowest BCUT2D eigenvalue weighted by Gasteiger charge is -2.06. The van der Waals surface area contributed by atoms with Crippen LogP contribution in [0.4, 0.5) is 5.95 Å². The van der Waals surface area contributed by atoms with Gasteiger partial charge in [0.2, 0.25) is 5.95 Å². The lowest BCUT2D eigenvalue weighted by molar-refractivity contribution is 0.311. The van der Waals surface area contributed by atoms with Crippen molar-refractivity contribution < 1.29 is 5.11 Å². The fourth-order valence-corrected chi connectivity index (χ4v) is 2.62. The fraction of sp³-hybridized carbons (Fsp3) is 0.154. The molecule has 96 valence electrons. The molecule has 3 aromatic heterocycles. The van der Waals surface area contributed by atoms with Crippen molar-refractivity contribution in [2.45, 2.75) is 0 Å². The summed E-state index contributed by atoms with van der Waals surface area (Å²) in [6, 6.07) is 7.70. The van der Waals surface area contributed by atoms with Crippen LogP contribution in [0.3, 0.4) is 0 Å². The van der Waals surface area contributed by atoms with Crippen LogP contribution in [0.15, 0.2) is 35.8 Å². The number of pyridine rings is 1. The summed E-state index contributed by atoms with van der Waals surface area (Å²) in [5.41, 5.74) is 2.53. The minimum atomic E-state index is 0.0456. The first kappa shape index (κ1) is 12.0. The van der Waals surface area contributed by atoms with E-state index in [-0.39, 0.29) is 6.61 Å². The lowest BCUT2D eigenvalue weighted by atomic mass is 10.2. The molecule has 0 amide bonds. The molecule has 0 atom stereocenters. The van der Waals surface area contributed by atoms with Crippen LogP contribution in [0.2, 0.25) is 0 Å². The van der Waals surface area contributed by atoms with E-state index in [2.05, 4.69) is 20.3 Å². The van der Waals surface area contributed by atoms with Gasteiger partial charge < -0.3 is 10.4 Å². The first-order valence-electron chi connectivity index (χ1n) is 5.90. The third-order valence-corrected chi connectivity index (χ3v) is 3.52. The van der Waals surface area contributed by atoms with Crippen LogP contribution in [0.25, 0.3) is 21.6 Å². The van der Waals surface area contributed by atoms with Gasteiger partial charge in [-0.3, -0.25) is 4.98 Å². The summed E-state index contributed by atoms with van der Waals surface area (Å²) in [6.45, 7) is 0.473. The second kappa shape index (κ2) is 5.29. The zero-order valence-electron chi connectivity index (χ0n) is 10.1. The summed E-state index contributed by atoms with van der Waals surface area (Å²) in [4.78, 5) is 13.2. The SMILES string of the molecule is OCCNc1nc(-c2ccccn2)c2sccc2n1. The molecule has 0 unspecified atom stereocenters. The molecule has 6 heteroatoms. The molecule has 0 aromatic carbocycles. The number of aliphatic hydroxyl groups is 1. The second-order valence-electron chi connectivity index (χ2n) is 3.90. The van der Waals surface area contributed by atoms with Crippen LogP contribution in [0, 0.1) is 0 Å². The number of rotatable bonds is 4. The highest BCUT2D eigenvalue weighted by atomic mass is 32.1. The number of hydrogen-bond acceptors (Lipinski definition) is 6. The van der Waals surface area contributed by atoms with Gasteiger partial charge in [-0.15, -0.1) is 11.3 Å². The summed E-state index contributed by atoms with van der Waals surface area (Å²) in [5.74, 6) is 0.514. The van der Waals surface area contributed by atoms with Crippen LogP contribution in [0.1, 0.15) is 0 Å². The molecule has 0 saturated heterocycles. The predicted octanol–water partition coefficient (Wildman–Crippen LogP) is 2.16. The highest BCUT2D eigenvalue weighted by Crippen LogP contribution is 2.29. The normalized spacial score (nSPS) is 10.8. The number of nitrogens with zero attached hydrogens (tertiary/aromatic N) is 3. The van der Waals surface area contributed by atoms with Crippen LogP contribution < -0.4 is 5.32 Å². The average Bonchev–Trinajstić information content (AvgIpc) is 2.93. The van der Waals surface area contributed by atoms with E-state index in [1.165, 1.54) is 0 Å². The van der Waals surface area contributed by atoms with Gasteiger partial charge in [0.1, 0.15) is 5.69 Å². The summed E-state index contributed by atoms with van der Waals surface area (Å²) in [5, 5.41) is 13.8. The zero-order chi connectivity index (χ0) is 13.1. The zero-order valence-corrected chi connectivity index (χ0v) is 10.9. The second-order valence-corrected chi connectivity index (χ2v) is 4.81. The summed E-state index contributed by atoms with van der Waals surface area (Å²) in [6.07, 6.45) is 1.75. The lowest BCUT2D eigenvalue weighted by Crippen LogP contribution is -2.09. The molecule has 2 N–H and O–H groups in total. The van der Waals surface area contributed by atoms with Crippen molar-refractivity contribution in [2.24, 2.45) is 0 Å². The molecule has 0 aliphatic heterocycles. The van der Waals surface area contributed by atoms with Crippen molar-refractivity contribution in [3.8, 4) is 11.4 Å². The molecule has 0 fully saturated rings. The van der Waals surface area contributed by atoms with Crippen LogP contribution >= 0.6 is 11.3 Å². The van der Waals surface area contributed by atoms with E-state index in [1.807, 2.05) is 29.6 Å². The number of aromatic nitrogens is 3. The summed E-state index contributed by atoms with van der Waals surface area (Å²) >= 11 is 1.60. The van der Waals surface area contributed by atoms with Crippen molar-refractivity contribution >= 4 is 27.5 Å². The van der Waals surface area contributed by atoms with E-state index < -0.39 is 0 Å². The van der Waals surface area contributed by atoms with Crippen LogP contribution in [0.5, 0.6) is 0 Å². The highest BCUT2D eigenvalue weighted by Gasteiger charge is 2.11. The molecule has 0 radical (unpaired) electrons. The van der Waals surface area contributed by atoms with Crippen molar-refractivity contribution in [2.75, 3.05) is 18.5 Å². The standard InChI is InChI=1S/C13H12N4OS/c18-7-6-15-13-16-10-4-8-19-12(10)11(17-13)9-3-1-2-5-14-9/h1-5,8,18H,6-7H2,(H,15,16,17). The predicted molar refractivity (Wildman–Crippen MR) is 76.2 cm³/mol. The van der Waals surface area contributed by atoms with Gasteiger partial charge >= 0.3 is 0 Å². The minimum absolute atomic E-state index is 0.0456. The Hall–Kier alpha value is -2.05. The Balaban J connectivity index is 2.13. The number of anilines is 1. The fourth-order valence-electron chi connectivity index (χ4n) is 1.79. The Bertz CT molecular complexity index is 683. The topological polar surface area (TPSA) is 70.9 Å². The molecule has 0 saturated carbocycles. The third kappa shape index (κ3) is 2.40. The molecule has 3 heterocycles. The molecule has 3 rings (SSSR count). The van der Waals surface area contributed by atoms with Crippen molar-refractivity contribution in [1.82, 2.24) is 15.0 Å². The highest BCUT2D eigenvalue weighted by molar-refractivity contribution is 7.17. The van der Waals surface area contributed by atoms with E-state index in [9.17, 15) is 0 Å². The van der Waals surface area contributed by atoms with Gasteiger partial charge in [0, 0.05) is 12.7 Å². The number of thiophene rings is 1. The molecular formula is C13H12N4OS. The first-order valence-corrected chi connectivity index (χ1v) is 6.78. The summed E-state index contributed by atoms with van der Waals surface area (Å²) in [7, 11) is 0. The van der Waals surface area contributed by atoms with Crippen LogP contribution in [-0.2, 0) is 0 Å². The van der Waals surface area contributed by atoms with Gasteiger partial charge in [-0.1, -0.05) is 6.07 Å². The van der Waals surface area contributed by atoms with E-state index in [0.717, 1.165) is 21.6 Å². The molecule has 5 nitrogen and oxygen atoms in total. The summed E-state index contributed by atoms with van der Waals surface area (Å²) < 4.78 is 1.02. The Morgan fingerprint density at radius 2 is 2.16 bits per heavy atom. The average molecular weight is 272 g/mol. The van der Waals surface area contributed by atoms with E-state index in [4.69, 9.17) is 5.11 Å². The number of nitrogens with one attached hydrogen (secondary N) is 1.